The van der Waals surface area contributed by atoms with Gasteiger partial charge >= 0.3 is 0 Å². The number of hydrogen-bond acceptors (Lipinski definition) is 4. The van der Waals surface area contributed by atoms with Crippen molar-refractivity contribution in [2.45, 2.75) is 87.9 Å². The minimum Gasteiger partial charge on any atom is -0.487 e. The predicted molar refractivity (Wildman–Crippen MR) is 149 cm³/mol. The zero-order chi connectivity index (χ0) is 25.5. The molecule has 4 nitrogen and oxygen atoms in total. The molecule has 8 fully saturated rings. The summed E-state index contributed by atoms with van der Waals surface area (Å²) in [5.74, 6) is 6.89. The van der Waals surface area contributed by atoms with Gasteiger partial charge in [-0.15, -0.1) is 0 Å². The van der Waals surface area contributed by atoms with Gasteiger partial charge in [-0.3, -0.25) is 0 Å². The zero-order valence-electron chi connectivity index (χ0n) is 22.8. The second kappa shape index (κ2) is 8.86. The van der Waals surface area contributed by atoms with Crippen LogP contribution in [0, 0.1) is 35.5 Å². The lowest BCUT2D eigenvalue weighted by Gasteiger charge is -2.61. The molecule has 204 valence electrons. The van der Waals surface area contributed by atoms with Crippen molar-refractivity contribution in [1.29, 1.82) is 0 Å². The molecule has 38 heavy (non-hydrogen) atoms. The van der Waals surface area contributed by atoms with Gasteiger partial charge in [0.15, 0.2) is 11.5 Å². The number of rotatable bonds is 8. The maximum atomic E-state index is 9.55. The lowest BCUT2D eigenvalue weighted by Crippen LogP contribution is -2.52. The average molecular weight is 517 g/mol. The molecule has 0 atom stereocenters. The van der Waals surface area contributed by atoms with Crippen LogP contribution in [-0.2, 0) is 10.8 Å². The summed E-state index contributed by atoms with van der Waals surface area (Å²) in [6, 6.07) is 9.34. The van der Waals surface area contributed by atoms with Crippen molar-refractivity contribution in [1.82, 2.24) is 0 Å². The van der Waals surface area contributed by atoms with Gasteiger partial charge in [0.25, 0.3) is 0 Å². The van der Waals surface area contributed by atoms with E-state index in [0.717, 1.165) is 35.5 Å². The molecule has 0 aromatic heterocycles. The summed E-state index contributed by atoms with van der Waals surface area (Å²) >= 11 is 0. The first-order chi connectivity index (χ1) is 18.6. The minimum atomic E-state index is -0.0268. The molecule has 8 aliphatic rings. The van der Waals surface area contributed by atoms with Crippen LogP contribution in [0.25, 0.3) is 10.8 Å². The van der Waals surface area contributed by atoms with Crippen molar-refractivity contribution >= 4 is 10.8 Å². The maximum Gasteiger partial charge on any atom is 0.161 e. The highest BCUT2D eigenvalue weighted by molar-refractivity contribution is 5.91. The average Bonchev–Trinajstić information content (AvgIpc) is 2.88. The first-order valence-corrected chi connectivity index (χ1v) is 15.7. The molecule has 0 aliphatic heterocycles. The molecular formula is C34H44O4. The molecule has 0 radical (unpaired) electrons. The quantitative estimate of drug-likeness (QED) is 0.420. The summed E-state index contributed by atoms with van der Waals surface area (Å²) in [6.45, 7) is 0.449. The Morgan fingerprint density at radius 1 is 0.605 bits per heavy atom. The van der Waals surface area contributed by atoms with Crippen LogP contribution in [0.2, 0.25) is 0 Å². The van der Waals surface area contributed by atoms with Crippen LogP contribution < -0.4 is 9.47 Å². The molecular weight excluding hydrogens is 472 g/mol. The van der Waals surface area contributed by atoms with Crippen molar-refractivity contribution in [2.75, 3.05) is 26.4 Å². The molecule has 2 N–H and O–H groups in total. The summed E-state index contributed by atoms with van der Waals surface area (Å²) in [5, 5.41) is 21.6. The molecule has 8 aliphatic carbocycles. The van der Waals surface area contributed by atoms with Crippen LogP contribution >= 0.6 is 0 Å². The molecule has 10 rings (SSSR count). The van der Waals surface area contributed by atoms with Crippen molar-refractivity contribution < 1.29 is 19.7 Å². The number of benzene rings is 2. The number of ether oxygens (including phenoxy) is 2. The van der Waals surface area contributed by atoms with Crippen LogP contribution in [0.4, 0.5) is 0 Å². The normalized spacial score (nSPS) is 40.3. The third-order valence-electron chi connectivity index (χ3n) is 12.0. The van der Waals surface area contributed by atoms with E-state index in [0.29, 0.717) is 22.3 Å². The van der Waals surface area contributed by atoms with Gasteiger partial charge in [0, 0.05) is 0 Å². The van der Waals surface area contributed by atoms with Gasteiger partial charge < -0.3 is 19.7 Å². The smallest absolute Gasteiger partial charge is 0.161 e. The van der Waals surface area contributed by atoms with Crippen LogP contribution in [0.5, 0.6) is 11.5 Å². The van der Waals surface area contributed by atoms with E-state index in [1.807, 2.05) is 0 Å². The molecule has 8 saturated carbocycles. The predicted octanol–water partition coefficient (Wildman–Crippen LogP) is 6.52. The van der Waals surface area contributed by atoms with Crippen molar-refractivity contribution in [3.63, 3.8) is 0 Å². The molecule has 4 heteroatoms. The Balaban J connectivity index is 1.34. The molecule has 2 aromatic rings. The van der Waals surface area contributed by atoms with Crippen molar-refractivity contribution in [3.05, 3.63) is 35.4 Å². The Labute approximate surface area is 227 Å². The van der Waals surface area contributed by atoms with E-state index in [-0.39, 0.29) is 26.4 Å². The van der Waals surface area contributed by atoms with Crippen LogP contribution in [0.1, 0.15) is 88.2 Å². The summed E-state index contributed by atoms with van der Waals surface area (Å²) in [6.07, 6.45) is 17.1. The molecule has 0 amide bonds. The van der Waals surface area contributed by atoms with E-state index in [2.05, 4.69) is 24.3 Å². The fourth-order valence-electron chi connectivity index (χ4n) is 11.7. The molecule has 0 spiro atoms. The summed E-state index contributed by atoms with van der Waals surface area (Å²) < 4.78 is 12.1. The van der Waals surface area contributed by atoms with E-state index in [1.54, 1.807) is 11.1 Å². The summed E-state index contributed by atoms with van der Waals surface area (Å²) in [5.41, 5.74) is 4.07. The van der Waals surface area contributed by atoms with E-state index >= 15 is 0 Å². The second-order valence-electron chi connectivity index (χ2n) is 14.5. The standard InChI is InChI=1S/C34H44O4/c35-3-5-37-30-13-27-1-2-29(33-15-21-7-22(16-33)9-23(8-21)17-33)32(28(27)14-31(30)38-6-4-36)34-18-24-10-25(19-34)12-26(11-24)20-34/h1-2,13-14,21-26,35-36H,3-12,15-20H2. The van der Waals surface area contributed by atoms with Gasteiger partial charge in [0.05, 0.1) is 13.2 Å². The van der Waals surface area contributed by atoms with Gasteiger partial charge in [-0.05, 0) is 157 Å². The third kappa shape index (κ3) is 3.69. The Kier molecular flexibility index (Phi) is 5.61. The van der Waals surface area contributed by atoms with Crippen LogP contribution in [0.15, 0.2) is 24.3 Å². The highest BCUT2D eigenvalue weighted by Gasteiger charge is 2.57. The van der Waals surface area contributed by atoms with Crippen LogP contribution in [0.3, 0.4) is 0 Å². The Morgan fingerprint density at radius 3 is 1.53 bits per heavy atom. The highest BCUT2D eigenvalue weighted by Crippen LogP contribution is 2.66. The third-order valence-corrected chi connectivity index (χ3v) is 12.0. The van der Waals surface area contributed by atoms with Crippen molar-refractivity contribution in [2.24, 2.45) is 35.5 Å². The van der Waals surface area contributed by atoms with Crippen molar-refractivity contribution in [3.8, 4) is 11.5 Å². The fraction of sp³-hybridized carbons (Fsp3) is 0.706. The zero-order valence-corrected chi connectivity index (χ0v) is 22.8. The van der Waals surface area contributed by atoms with E-state index < -0.39 is 0 Å². The second-order valence-corrected chi connectivity index (χ2v) is 14.5. The topological polar surface area (TPSA) is 58.9 Å². The summed E-state index contributed by atoms with van der Waals surface area (Å²) in [4.78, 5) is 0. The lowest BCUT2D eigenvalue weighted by atomic mass is 9.44. The van der Waals surface area contributed by atoms with E-state index in [1.165, 1.54) is 87.8 Å². The summed E-state index contributed by atoms with van der Waals surface area (Å²) in [7, 11) is 0. The van der Waals surface area contributed by atoms with E-state index in [4.69, 9.17) is 9.47 Å². The van der Waals surface area contributed by atoms with Gasteiger partial charge in [-0.2, -0.15) is 0 Å². The molecule has 2 aromatic carbocycles. The monoisotopic (exact) mass is 516 g/mol. The Hall–Kier alpha value is -1.78. The lowest BCUT2D eigenvalue weighted by molar-refractivity contribution is -0.0168. The maximum absolute atomic E-state index is 9.55. The highest BCUT2D eigenvalue weighted by atomic mass is 16.5. The number of hydrogen-bond donors (Lipinski definition) is 2. The van der Waals surface area contributed by atoms with Gasteiger partial charge in [0.2, 0.25) is 0 Å². The SMILES string of the molecule is OCCOc1cc2ccc(C34CC5CC(CC(C5)C3)C4)c(C34CC5CC(CC(C5)C3)C4)c2cc1OCCO. The number of fused-ring (bicyclic) bond motifs is 1. The molecule has 0 unspecified atom stereocenters. The van der Waals surface area contributed by atoms with Gasteiger partial charge in [-0.1, -0.05) is 12.1 Å². The molecule has 0 saturated heterocycles. The van der Waals surface area contributed by atoms with E-state index in [9.17, 15) is 10.2 Å². The van der Waals surface area contributed by atoms with Gasteiger partial charge in [-0.25, -0.2) is 0 Å². The van der Waals surface area contributed by atoms with Crippen LogP contribution in [-0.4, -0.2) is 36.6 Å². The number of aliphatic hydroxyl groups is 2. The molecule has 0 heterocycles. The number of aliphatic hydroxyl groups excluding tert-OH is 2. The Morgan fingerprint density at radius 2 is 1.05 bits per heavy atom. The largest absolute Gasteiger partial charge is 0.487 e. The fourth-order valence-corrected chi connectivity index (χ4v) is 11.7. The minimum absolute atomic E-state index is 0.0212. The van der Waals surface area contributed by atoms with Gasteiger partial charge in [0.1, 0.15) is 13.2 Å². The first kappa shape index (κ1) is 24.1. The Bertz CT molecular complexity index is 1160. The molecule has 8 bridgehead atoms. The first-order valence-electron chi connectivity index (χ1n) is 15.7.